The lowest BCUT2D eigenvalue weighted by atomic mass is 10.2. The predicted octanol–water partition coefficient (Wildman–Crippen LogP) is 1.97. The van der Waals surface area contributed by atoms with Crippen LogP contribution in [0.2, 0.25) is 5.02 Å². The van der Waals surface area contributed by atoms with Crippen molar-refractivity contribution in [3.8, 4) is 5.75 Å². The van der Waals surface area contributed by atoms with Crippen molar-refractivity contribution in [1.82, 2.24) is 10.3 Å². The van der Waals surface area contributed by atoms with Gasteiger partial charge >= 0.3 is 0 Å². The predicted molar refractivity (Wildman–Crippen MR) is 57.8 cm³/mol. The molecule has 0 aliphatic carbocycles. The molecule has 4 heteroatoms. The molecule has 0 saturated carbocycles. The molecule has 1 atom stereocenters. The maximum atomic E-state index is 5.77. The van der Waals surface area contributed by atoms with E-state index in [2.05, 4.69) is 17.2 Å². The Morgan fingerprint density at radius 3 is 3.00 bits per heavy atom. The number of nitrogens with one attached hydrogen (secondary N) is 1. The third-order valence-electron chi connectivity index (χ3n) is 1.77. The minimum absolute atomic E-state index is 0.471. The van der Waals surface area contributed by atoms with Gasteiger partial charge in [0.2, 0.25) is 0 Å². The summed E-state index contributed by atoms with van der Waals surface area (Å²) in [6.07, 6.45) is 3.25. The van der Waals surface area contributed by atoms with Gasteiger partial charge in [0.1, 0.15) is 5.75 Å². The van der Waals surface area contributed by atoms with Gasteiger partial charge in [-0.25, -0.2) is 0 Å². The van der Waals surface area contributed by atoms with Crippen LogP contribution < -0.4 is 10.1 Å². The topological polar surface area (TPSA) is 34.1 Å². The van der Waals surface area contributed by atoms with Gasteiger partial charge in [0.25, 0.3) is 0 Å². The summed E-state index contributed by atoms with van der Waals surface area (Å²) in [6.45, 7) is 3.73. The van der Waals surface area contributed by atoms with E-state index in [1.165, 1.54) is 0 Å². The number of hydrogen-bond acceptors (Lipinski definition) is 3. The van der Waals surface area contributed by atoms with Crippen LogP contribution in [-0.2, 0) is 0 Å². The molecule has 1 aromatic heterocycles. The van der Waals surface area contributed by atoms with Crippen molar-refractivity contribution in [3.63, 3.8) is 0 Å². The normalized spacial score (nSPS) is 12.5. The highest BCUT2D eigenvalue weighted by molar-refractivity contribution is 6.30. The highest BCUT2D eigenvalue weighted by Crippen LogP contribution is 2.15. The number of ether oxygens (including phenoxy) is 1. The minimum Gasteiger partial charge on any atom is -0.492 e. The van der Waals surface area contributed by atoms with Crippen LogP contribution in [0.1, 0.15) is 6.92 Å². The van der Waals surface area contributed by atoms with Gasteiger partial charge in [0.15, 0.2) is 0 Å². The quantitative estimate of drug-likeness (QED) is 0.814. The summed E-state index contributed by atoms with van der Waals surface area (Å²) >= 11 is 5.77. The lowest BCUT2D eigenvalue weighted by Crippen LogP contribution is -2.21. The molecule has 1 rings (SSSR count). The van der Waals surface area contributed by atoms with E-state index in [1.807, 2.05) is 7.05 Å². The van der Waals surface area contributed by atoms with E-state index in [9.17, 15) is 0 Å². The minimum atomic E-state index is 0.471. The molecular formula is C10H15ClN2O. The number of nitrogens with zero attached hydrogens (tertiary/aromatic N) is 1. The Morgan fingerprint density at radius 1 is 1.57 bits per heavy atom. The second-order valence-electron chi connectivity index (χ2n) is 3.31. The summed E-state index contributed by atoms with van der Waals surface area (Å²) in [5.74, 6) is 1.19. The van der Waals surface area contributed by atoms with Gasteiger partial charge in [0, 0.05) is 24.7 Å². The first-order chi connectivity index (χ1) is 6.72. The molecule has 78 valence electrons. The van der Waals surface area contributed by atoms with Crippen molar-refractivity contribution in [3.05, 3.63) is 23.5 Å². The molecule has 0 aliphatic rings. The van der Waals surface area contributed by atoms with Crippen molar-refractivity contribution in [1.29, 1.82) is 0 Å². The van der Waals surface area contributed by atoms with Crippen LogP contribution in [-0.4, -0.2) is 25.2 Å². The Hall–Kier alpha value is -0.800. The zero-order valence-electron chi connectivity index (χ0n) is 8.46. The van der Waals surface area contributed by atoms with Gasteiger partial charge in [-0.2, -0.15) is 0 Å². The van der Waals surface area contributed by atoms with Crippen molar-refractivity contribution in [2.45, 2.75) is 6.92 Å². The monoisotopic (exact) mass is 214 g/mol. The first-order valence-corrected chi connectivity index (χ1v) is 4.98. The summed E-state index contributed by atoms with van der Waals surface area (Å²) in [6, 6.07) is 1.76. The summed E-state index contributed by atoms with van der Waals surface area (Å²) < 4.78 is 5.51. The van der Waals surface area contributed by atoms with E-state index >= 15 is 0 Å². The van der Waals surface area contributed by atoms with E-state index in [0.717, 1.165) is 12.3 Å². The van der Waals surface area contributed by atoms with E-state index < -0.39 is 0 Å². The zero-order valence-corrected chi connectivity index (χ0v) is 9.21. The maximum Gasteiger partial charge on any atom is 0.139 e. The summed E-state index contributed by atoms with van der Waals surface area (Å²) in [7, 11) is 1.93. The maximum absolute atomic E-state index is 5.77. The van der Waals surface area contributed by atoms with Crippen LogP contribution in [0.3, 0.4) is 0 Å². The second-order valence-corrected chi connectivity index (χ2v) is 3.75. The molecule has 0 bridgehead atoms. The summed E-state index contributed by atoms with van der Waals surface area (Å²) in [4.78, 5) is 3.94. The largest absolute Gasteiger partial charge is 0.492 e. The van der Waals surface area contributed by atoms with Crippen molar-refractivity contribution >= 4 is 11.6 Å². The van der Waals surface area contributed by atoms with Crippen LogP contribution in [0.5, 0.6) is 5.75 Å². The summed E-state index contributed by atoms with van der Waals surface area (Å²) in [5.41, 5.74) is 0. The van der Waals surface area contributed by atoms with E-state index in [4.69, 9.17) is 16.3 Å². The average molecular weight is 215 g/mol. The lowest BCUT2D eigenvalue weighted by Gasteiger charge is -2.12. The molecule has 1 aromatic rings. The number of rotatable bonds is 5. The molecule has 1 N–H and O–H groups in total. The van der Waals surface area contributed by atoms with Gasteiger partial charge in [-0.1, -0.05) is 18.5 Å². The smallest absolute Gasteiger partial charge is 0.139 e. The second kappa shape index (κ2) is 5.83. The molecule has 3 nitrogen and oxygen atoms in total. The number of halogens is 1. The Bertz CT molecular complexity index is 281. The van der Waals surface area contributed by atoms with E-state index in [1.54, 1.807) is 18.5 Å². The fourth-order valence-electron chi connectivity index (χ4n) is 1.12. The Labute approximate surface area is 89.4 Å². The van der Waals surface area contributed by atoms with Gasteiger partial charge in [-0.3, -0.25) is 4.98 Å². The third kappa shape index (κ3) is 3.94. The van der Waals surface area contributed by atoms with Gasteiger partial charge in [0.05, 0.1) is 17.8 Å². The first kappa shape index (κ1) is 11.3. The fourth-order valence-corrected chi connectivity index (χ4v) is 1.28. The molecule has 0 amide bonds. The van der Waals surface area contributed by atoms with Gasteiger partial charge in [-0.15, -0.1) is 0 Å². The van der Waals surface area contributed by atoms with Gasteiger partial charge < -0.3 is 10.1 Å². The van der Waals surface area contributed by atoms with Crippen molar-refractivity contribution in [2.75, 3.05) is 20.2 Å². The van der Waals surface area contributed by atoms with Crippen molar-refractivity contribution < 1.29 is 4.74 Å². The van der Waals surface area contributed by atoms with E-state index in [-0.39, 0.29) is 0 Å². The Balaban J connectivity index is 2.37. The molecular weight excluding hydrogens is 200 g/mol. The SMILES string of the molecule is CNCC(C)COc1cncc(Cl)c1. The summed E-state index contributed by atoms with van der Waals surface area (Å²) in [5, 5.41) is 3.69. The average Bonchev–Trinajstić information content (AvgIpc) is 2.15. The van der Waals surface area contributed by atoms with Crippen LogP contribution in [0.4, 0.5) is 0 Å². The number of pyridine rings is 1. The Kier molecular flexibility index (Phi) is 4.70. The molecule has 14 heavy (non-hydrogen) atoms. The van der Waals surface area contributed by atoms with E-state index in [0.29, 0.717) is 17.5 Å². The molecule has 0 aliphatic heterocycles. The van der Waals surface area contributed by atoms with Crippen LogP contribution in [0, 0.1) is 5.92 Å². The Morgan fingerprint density at radius 2 is 2.36 bits per heavy atom. The molecule has 0 spiro atoms. The van der Waals surface area contributed by atoms with Gasteiger partial charge in [-0.05, 0) is 7.05 Å². The molecule has 1 unspecified atom stereocenters. The zero-order chi connectivity index (χ0) is 10.4. The first-order valence-electron chi connectivity index (χ1n) is 4.60. The molecule has 0 saturated heterocycles. The molecule has 1 heterocycles. The standard InChI is InChI=1S/C10H15ClN2O/c1-8(4-12-2)7-14-10-3-9(11)5-13-6-10/h3,5-6,8,12H,4,7H2,1-2H3. The molecule has 0 fully saturated rings. The van der Waals surface area contributed by atoms with Crippen LogP contribution in [0.15, 0.2) is 18.5 Å². The lowest BCUT2D eigenvalue weighted by molar-refractivity contribution is 0.257. The van der Waals surface area contributed by atoms with Crippen LogP contribution in [0.25, 0.3) is 0 Å². The highest BCUT2D eigenvalue weighted by atomic mass is 35.5. The molecule has 0 aromatic carbocycles. The fraction of sp³-hybridized carbons (Fsp3) is 0.500. The highest BCUT2D eigenvalue weighted by Gasteiger charge is 2.02. The number of aromatic nitrogens is 1. The van der Waals surface area contributed by atoms with Crippen LogP contribution >= 0.6 is 11.6 Å². The number of hydrogen-bond donors (Lipinski definition) is 1. The van der Waals surface area contributed by atoms with Crippen molar-refractivity contribution in [2.24, 2.45) is 5.92 Å². The third-order valence-corrected chi connectivity index (χ3v) is 1.97. The molecule has 0 radical (unpaired) electrons.